The number of carbonyl (C=O) groups excluding carboxylic acids is 3. The van der Waals surface area contributed by atoms with Gasteiger partial charge in [0.2, 0.25) is 0 Å². The highest BCUT2D eigenvalue weighted by molar-refractivity contribution is 5.92. The molecule has 0 aromatic heterocycles. The summed E-state index contributed by atoms with van der Waals surface area (Å²) >= 11 is 0. The van der Waals surface area contributed by atoms with E-state index < -0.39 is 53.0 Å². The molecule has 2 unspecified atom stereocenters. The van der Waals surface area contributed by atoms with Crippen molar-refractivity contribution in [2.24, 2.45) is 0 Å². The molecule has 40 heavy (non-hydrogen) atoms. The molecule has 12 heteroatoms. The van der Waals surface area contributed by atoms with E-state index in [9.17, 15) is 45.0 Å². The van der Waals surface area contributed by atoms with Crippen molar-refractivity contribution in [2.75, 3.05) is 7.11 Å². The molecule has 7 N–H and O–H groups in total. The molecule has 0 saturated carbocycles. The minimum Gasteiger partial charge on any atom is -0.504 e. The Bertz CT molecular complexity index is 1430. The fourth-order valence-corrected chi connectivity index (χ4v) is 3.62. The summed E-state index contributed by atoms with van der Waals surface area (Å²) in [7, 11) is 1.11. The lowest BCUT2D eigenvalue weighted by Gasteiger charge is -2.22. The number of methoxy groups -OCH3 is 1. The van der Waals surface area contributed by atoms with E-state index in [4.69, 9.17) is 9.47 Å². The Balaban J connectivity index is 1.83. The standard InChI is InChI=1S/C28H27NO11/c1-39-28(38)18(10-16-3-7-20(31)23(34)12-16)29-27(37)25(14-17-4-8-21(32)24(35)13-17)40-26(36)9-5-15-2-6-19(30)22(33)11-15/h2-9,11-13,18,25,30-35H,10,14H2,1H3,(H,29,37)/b9-5+. The number of rotatable bonds is 10. The number of hydrogen-bond donors (Lipinski definition) is 7. The predicted octanol–water partition coefficient (Wildman–Crippen LogP) is 1.99. The zero-order valence-corrected chi connectivity index (χ0v) is 21.1. The smallest absolute Gasteiger partial charge is 0.331 e. The number of hydrogen-bond acceptors (Lipinski definition) is 11. The van der Waals surface area contributed by atoms with Crippen LogP contribution in [0.5, 0.6) is 34.5 Å². The second kappa shape index (κ2) is 12.9. The van der Waals surface area contributed by atoms with Crippen LogP contribution in [0.4, 0.5) is 0 Å². The normalized spacial score (nSPS) is 12.4. The summed E-state index contributed by atoms with van der Waals surface area (Å²) in [6.45, 7) is 0. The van der Waals surface area contributed by atoms with E-state index in [1.165, 1.54) is 60.7 Å². The highest BCUT2D eigenvalue weighted by atomic mass is 16.5. The first-order valence-electron chi connectivity index (χ1n) is 11.8. The Hall–Kier alpha value is -5.39. The maximum atomic E-state index is 13.3. The van der Waals surface area contributed by atoms with Crippen LogP contribution in [0.1, 0.15) is 16.7 Å². The van der Waals surface area contributed by atoms with Crippen LogP contribution in [0.25, 0.3) is 6.08 Å². The van der Waals surface area contributed by atoms with Crippen molar-refractivity contribution in [3.05, 3.63) is 77.4 Å². The number of aromatic hydroxyl groups is 6. The largest absolute Gasteiger partial charge is 0.504 e. The number of ether oxygens (including phenoxy) is 2. The van der Waals surface area contributed by atoms with Gasteiger partial charge in [-0.15, -0.1) is 0 Å². The quantitative estimate of drug-likeness (QED) is 0.110. The molecule has 0 saturated heterocycles. The summed E-state index contributed by atoms with van der Waals surface area (Å²) in [5.74, 6) is -5.11. The van der Waals surface area contributed by atoms with Crippen LogP contribution in [-0.2, 0) is 36.7 Å². The van der Waals surface area contributed by atoms with Gasteiger partial charge in [0.25, 0.3) is 5.91 Å². The number of amides is 1. The molecule has 3 aromatic carbocycles. The fraction of sp³-hybridized carbons (Fsp3) is 0.179. The number of benzene rings is 3. The first-order valence-corrected chi connectivity index (χ1v) is 11.8. The average molecular weight is 554 g/mol. The van der Waals surface area contributed by atoms with Crippen LogP contribution in [0.2, 0.25) is 0 Å². The van der Waals surface area contributed by atoms with E-state index in [0.29, 0.717) is 16.7 Å². The summed E-state index contributed by atoms with van der Waals surface area (Å²) < 4.78 is 10.1. The van der Waals surface area contributed by atoms with Gasteiger partial charge in [-0.05, 0) is 59.2 Å². The van der Waals surface area contributed by atoms with Crippen LogP contribution in [0, 0.1) is 0 Å². The molecule has 2 atom stereocenters. The molecule has 0 aliphatic carbocycles. The van der Waals surface area contributed by atoms with E-state index in [0.717, 1.165) is 13.2 Å². The Morgan fingerprint density at radius 1 is 0.750 bits per heavy atom. The van der Waals surface area contributed by atoms with E-state index >= 15 is 0 Å². The zero-order chi connectivity index (χ0) is 29.4. The molecule has 0 heterocycles. The SMILES string of the molecule is COC(=O)C(Cc1ccc(O)c(O)c1)NC(=O)C(Cc1ccc(O)c(O)c1)OC(=O)/C=C/c1ccc(O)c(O)c1. The Labute approximate surface area is 228 Å². The minimum atomic E-state index is -1.52. The molecule has 0 radical (unpaired) electrons. The van der Waals surface area contributed by atoms with Crippen molar-refractivity contribution in [3.63, 3.8) is 0 Å². The van der Waals surface area contributed by atoms with Crippen LogP contribution >= 0.6 is 0 Å². The second-order valence-corrected chi connectivity index (χ2v) is 8.65. The van der Waals surface area contributed by atoms with Gasteiger partial charge in [0.15, 0.2) is 40.6 Å². The molecular weight excluding hydrogens is 526 g/mol. The minimum absolute atomic E-state index is 0.142. The number of phenols is 6. The van der Waals surface area contributed by atoms with Gasteiger partial charge in [0.05, 0.1) is 7.11 Å². The van der Waals surface area contributed by atoms with Gasteiger partial charge in [-0.2, -0.15) is 0 Å². The van der Waals surface area contributed by atoms with E-state index in [1.54, 1.807) is 0 Å². The molecular formula is C28H27NO11. The fourth-order valence-electron chi connectivity index (χ4n) is 3.62. The molecule has 0 aliphatic rings. The van der Waals surface area contributed by atoms with Crippen LogP contribution in [0.3, 0.4) is 0 Å². The molecule has 210 valence electrons. The van der Waals surface area contributed by atoms with Crippen molar-refractivity contribution in [1.82, 2.24) is 5.32 Å². The highest BCUT2D eigenvalue weighted by Gasteiger charge is 2.29. The summed E-state index contributed by atoms with van der Waals surface area (Å²) in [5, 5.41) is 60.2. The monoisotopic (exact) mass is 553 g/mol. The van der Waals surface area contributed by atoms with E-state index in [1.807, 2.05) is 0 Å². The number of esters is 2. The lowest BCUT2D eigenvalue weighted by Crippen LogP contribution is -2.48. The van der Waals surface area contributed by atoms with Gasteiger partial charge >= 0.3 is 11.9 Å². The third kappa shape index (κ3) is 7.81. The lowest BCUT2D eigenvalue weighted by molar-refractivity contribution is -0.153. The van der Waals surface area contributed by atoms with Crippen molar-refractivity contribution in [3.8, 4) is 34.5 Å². The molecule has 0 fully saturated rings. The Morgan fingerprint density at radius 2 is 1.27 bits per heavy atom. The summed E-state index contributed by atoms with van der Waals surface area (Å²) in [6, 6.07) is 10.2. The van der Waals surface area contributed by atoms with Crippen molar-refractivity contribution >= 4 is 23.9 Å². The Kier molecular flexibility index (Phi) is 9.42. The number of nitrogens with one attached hydrogen (secondary N) is 1. The summed E-state index contributed by atoms with van der Waals surface area (Å²) in [5.41, 5.74) is 1.04. The van der Waals surface area contributed by atoms with Gasteiger partial charge in [-0.25, -0.2) is 9.59 Å². The summed E-state index contributed by atoms with van der Waals surface area (Å²) in [4.78, 5) is 38.3. The maximum Gasteiger partial charge on any atom is 0.331 e. The average Bonchev–Trinajstić information content (AvgIpc) is 2.92. The zero-order valence-electron chi connectivity index (χ0n) is 21.1. The lowest BCUT2D eigenvalue weighted by atomic mass is 10.0. The highest BCUT2D eigenvalue weighted by Crippen LogP contribution is 2.27. The van der Waals surface area contributed by atoms with Gasteiger partial charge in [0.1, 0.15) is 6.04 Å². The van der Waals surface area contributed by atoms with Crippen LogP contribution < -0.4 is 5.32 Å². The van der Waals surface area contributed by atoms with Gasteiger partial charge in [-0.1, -0.05) is 18.2 Å². The molecule has 0 spiro atoms. The first kappa shape index (κ1) is 29.2. The van der Waals surface area contributed by atoms with Crippen molar-refractivity contribution < 1.29 is 54.5 Å². The van der Waals surface area contributed by atoms with E-state index in [-0.39, 0.29) is 24.3 Å². The van der Waals surface area contributed by atoms with Gasteiger partial charge in [-0.3, -0.25) is 4.79 Å². The van der Waals surface area contributed by atoms with Crippen LogP contribution in [-0.4, -0.2) is 67.7 Å². The first-order chi connectivity index (χ1) is 19.0. The molecule has 0 aliphatic heterocycles. The van der Waals surface area contributed by atoms with Crippen LogP contribution in [0.15, 0.2) is 60.7 Å². The van der Waals surface area contributed by atoms with Crippen molar-refractivity contribution in [1.29, 1.82) is 0 Å². The second-order valence-electron chi connectivity index (χ2n) is 8.65. The molecule has 12 nitrogen and oxygen atoms in total. The molecule has 1 amide bonds. The third-order valence-corrected chi connectivity index (χ3v) is 5.70. The topological polar surface area (TPSA) is 203 Å². The maximum absolute atomic E-state index is 13.3. The molecule has 3 rings (SSSR count). The number of carbonyl (C=O) groups is 3. The van der Waals surface area contributed by atoms with Crippen molar-refractivity contribution in [2.45, 2.75) is 25.0 Å². The number of phenolic OH excluding ortho intramolecular Hbond substituents is 6. The molecule has 3 aromatic rings. The molecule has 0 bridgehead atoms. The summed E-state index contributed by atoms with van der Waals surface area (Å²) in [6.07, 6.45) is 0.341. The van der Waals surface area contributed by atoms with Gasteiger partial charge < -0.3 is 45.4 Å². The Morgan fingerprint density at radius 3 is 1.80 bits per heavy atom. The van der Waals surface area contributed by atoms with Gasteiger partial charge in [0, 0.05) is 18.9 Å². The third-order valence-electron chi connectivity index (χ3n) is 5.70. The van der Waals surface area contributed by atoms with E-state index in [2.05, 4.69) is 5.32 Å². The predicted molar refractivity (Wildman–Crippen MR) is 140 cm³/mol.